The van der Waals surface area contributed by atoms with Gasteiger partial charge in [-0.05, 0) is 68.7 Å². The zero-order chi connectivity index (χ0) is 22.2. The van der Waals surface area contributed by atoms with E-state index in [1.807, 2.05) is 25.1 Å². The van der Waals surface area contributed by atoms with Gasteiger partial charge in [0.25, 0.3) is 0 Å². The largest absolute Gasteiger partial charge is 0.497 e. The summed E-state index contributed by atoms with van der Waals surface area (Å²) in [5.41, 5.74) is 13.5. The van der Waals surface area contributed by atoms with Crippen LogP contribution in [-0.4, -0.2) is 27.0 Å². The Labute approximate surface area is 186 Å². The first-order valence-corrected chi connectivity index (χ1v) is 10.6. The first kappa shape index (κ1) is 19.9. The number of nitrogens with one attached hydrogen (secondary N) is 3. The Morgan fingerprint density at radius 1 is 1.00 bits per heavy atom. The lowest BCUT2D eigenvalue weighted by molar-refractivity contribution is 0.415. The average Bonchev–Trinajstić information content (AvgIpc) is 3.34. The van der Waals surface area contributed by atoms with Crippen molar-refractivity contribution in [3.8, 4) is 5.75 Å². The number of aryl methyl sites for hydroxylation is 3. The highest BCUT2D eigenvalue weighted by Crippen LogP contribution is 2.28. The summed E-state index contributed by atoms with van der Waals surface area (Å²) in [5.74, 6) is 1.87. The predicted octanol–water partition coefficient (Wildman–Crippen LogP) is 5.18. The summed E-state index contributed by atoms with van der Waals surface area (Å²) in [5, 5.41) is 5.82. The maximum Gasteiger partial charge on any atom is 0.222 e. The van der Waals surface area contributed by atoms with Crippen LogP contribution in [0.4, 0.5) is 17.5 Å². The zero-order valence-electron chi connectivity index (χ0n) is 18.4. The number of hydrogen-bond donors (Lipinski definition) is 4. The van der Waals surface area contributed by atoms with E-state index in [0.717, 1.165) is 63.5 Å². The van der Waals surface area contributed by atoms with Crippen molar-refractivity contribution in [3.63, 3.8) is 0 Å². The smallest absolute Gasteiger partial charge is 0.222 e. The van der Waals surface area contributed by atoms with E-state index < -0.39 is 0 Å². The molecule has 0 amide bonds. The van der Waals surface area contributed by atoms with Gasteiger partial charge in [0.2, 0.25) is 5.95 Å². The lowest BCUT2D eigenvalue weighted by Crippen LogP contribution is -2.08. The normalized spacial score (nSPS) is 11.3. The summed E-state index contributed by atoms with van der Waals surface area (Å²) in [6.07, 6.45) is 3.71. The maximum atomic E-state index is 5.98. The number of anilines is 3. The van der Waals surface area contributed by atoms with E-state index >= 15 is 0 Å². The van der Waals surface area contributed by atoms with Gasteiger partial charge in [-0.2, -0.15) is 4.98 Å². The van der Waals surface area contributed by atoms with Gasteiger partial charge in [-0.3, -0.25) is 0 Å². The van der Waals surface area contributed by atoms with Crippen molar-refractivity contribution >= 4 is 39.3 Å². The summed E-state index contributed by atoms with van der Waals surface area (Å²) in [6.45, 7) is 4.04. The molecule has 0 aliphatic carbocycles. The molecule has 0 fully saturated rings. The molecule has 162 valence electrons. The minimum atomic E-state index is 0.270. The fourth-order valence-corrected chi connectivity index (χ4v) is 4.27. The molecule has 5 aromatic rings. The number of nitrogens with zero attached hydrogens (tertiary/aromatic N) is 2. The highest BCUT2D eigenvalue weighted by molar-refractivity contribution is 5.85. The van der Waals surface area contributed by atoms with E-state index in [1.54, 1.807) is 7.11 Å². The van der Waals surface area contributed by atoms with Crippen LogP contribution in [0.25, 0.3) is 21.8 Å². The van der Waals surface area contributed by atoms with Crippen molar-refractivity contribution < 1.29 is 4.74 Å². The van der Waals surface area contributed by atoms with Gasteiger partial charge in [-0.25, -0.2) is 4.98 Å². The topological polar surface area (TPSA) is 105 Å². The Kier molecular flexibility index (Phi) is 4.93. The Bertz CT molecular complexity index is 1430. The van der Waals surface area contributed by atoms with Gasteiger partial charge < -0.3 is 25.8 Å². The predicted molar refractivity (Wildman–Crippen MR) is 130 cm³/mol. The van der Waals surface area contributed by atoms with Crippen molar-refractivity contribution in [3.05, 3.63) is 71.2 Å². The molecule has 0 aliphatic heterocycles. The van der Waals surface area contributed by atoms with E-state index in [2.05, 4.69) is 62.6 Å². The molecule has 3 aromatic heterocycles. The average molecular weight is 427 g/mol. The van der Waals surface area contributed by atoms with Crippen molar-refractivity contribution in [2.24, 2.45) is 0 Å². The highest BCUT2D eigenvalue weighted by Gasteiger charge is 2.13. The molecule has 3 heterocycles. The molecule has 32 heavy (non-hydrogen) atoms. The summed E-state index contributed by atoms with van der Waals surface area (Å²) in [4.78, 5) is 15.6. The van der Waals surface area contributed by atoms with Gasteiger partial charge >= 0.3 is 0 Å². The van der Waals surface area contributed by atoms with Crippen LogP contribution in [-0.2, 0) is 12.8 Å². The number of rotatable bonds is 6. The molecular formula is C25H26N6O. The maximum absolute atomic E-state index is 5.98. The first-order valence-electron chi connectivity index (χ1n) is 10.6. The molecule has 0 aliphatic rings. The Balaban J connectivity index is 1.43. The van der Waals surface area contributed by atoms with Crippen molar-refractivity contribution in [1.29, 1.82) is 0 Å². The number of hydrogen-bond acceptors (Lipinski definition) is 5. The number of benzene rings is 2. The second-order valence-electron chi connectivity index (χ2n) is 8.10. The van der Waals surface area contributed by atoms with Crippen LogP contribution >= 0.6 is 0 Å². The summed E-state index contributed by atoms with van der Waals surface area (Å²) < 4.78 is 5.33. The van der Waals surface area contributed by atoms with Crippen LogP contribution in [0, 0.1) is 13.8 Å². The van der Waals surface area contributed by atoms with Crippen LogP contribution in [0.3, 0.4) is 0 Å². The Morgan fingerprint density at radius 3 is 2.72 bits per heavy atom. The third kappa shape index (κ3) is 3.73. The lowest BCUT2D eigenvalue weighted by atomic mass is 10.0. The third-order valence-corrected chi connectivity index (χ3v) is 5.87. The van der Waals surface area contributed by atoms with Gasteiger partial charge in [0.15, 0.2) is 0 Å². The molecule has 0 unspecified atom stereocenters. The fourth-order valence-electron chi connectivity index (χ4n) is 4.27. The standard InChI is InChI=1S/C25H26N6O/c1-14-10-17-11-18(5-9-22(17)28-14)30-24-20(15(2)29-25(26)31-24)7-4-16-13-27-23-12-19(32-3)6-8-21(16)23/h5-6,8-13,27-28H,4,7H2,1-3H3,(H3,26,29,30,31). The molecule has 7 heteroatoms. The van der Waals surface area contributed by atoms with Crippen LogP contribution in [0.15, 0.2) is 48.7 Å². The molecule has 0 saturated carbocycles. The minimum Gasteiger partial charge on any atom is -0.497 e. The van der Waals surface area contributed by atoms with E-state index in [-0.39, 0.29) is 5.95 Å². The number of fused-ring (bicyclic) bond motifs is 2. The second kappa shape index (κ2) is 7.92. The fraction of sp³-hybridized carbons (Fsp3) is 0.200. The second-order valence-corrected chi connectivity index (χ2v) is 8.10. The van der Waals surface area contributed by atoms with E-state index in [9.17, 15) is 0 Å². The summed E-state index contributed by atoms with van der Waals surface area (Å²) in [6, 6.07) is 14.5. The first-order chi connectivity index (χ1) is 15.5. The molecule has 0 radical (unpaired) electrons. The highest BCUT2D eigenvalue weighted by atomic mass is 16.5. The molecule has 7 nitrogen and oxygen atoms in total. The number of H-pyrrole nitrogens is 2. The molecule has 0 spiro atoms. The molecule has 0 bridgehead atoms. The van der Waals surface area contributed by atoms with Crippen molar-refractivity contribution in [2.75, 3.05) is 18.2 Å². The van der Waals surface area contributed by atoms with Gasteiger partial charge in [-0.1, -0.05) is 0 Å². The van der Waals surface area contributed by atoms with Crippen LogP contribution in [0.1, 0.15) is 22.5 Å². The van der Waals surface area contributed by atoms with Gasteiger partial charge in [0.05, 0.1) is 7.11 Å². The molecular weight excluding hydrogens is 400 g/mol. The minimum absolute atomic E-state index is 0.270. The summed E-state index contributed by atoms with van der Waals surface area (Å²) >= 11 is 0. The van der Waals surface area contributed by atoms with Gasteiger partial charge in [0, 0.05) is 56.7 Å². The molecule has 5 rings (SSSR count). The molecule has 0 atom stereocenters. The summed E-state index contributed by atoms with van der Waals surface area (Å²) in [7, 11) is 1.68. The number of nitrogen functional groups attached to an aromatic ring is 1. The lowest BCUT2D eigenvalue weighted by Gasteiger charge is -2.14. The quantitative estimate of drug-likeness (QED) is 0.300. The number of methoxy groups -OCH3 is 1. The Hall–Kier alpha value is -4.00. The number of aromatic amines is 2. The molecule has 2 aromatic carbocycles. The van der Waals surface area contributed by atoms with Crippen molar-refractivity contribution in [1.82, 2.24) is 19.9 Å². The van der Waals surface area contributed by atoms with E-state index in [1.165, 1.54) is 10.9 Å². The van der Waals surface area contributed by atoms with E-state index in [0.29, 0.717) is 0 Å². The zero-order valence-corrected chi connectivity index (χ0v) is 18.4. The third-order valence-electron chi connectivity index (χ3n) is 5.87. The van der Waals surface area contributed by atoms with Crippen LogP contribution in [0.5, 0.6) is 5.75 Å². The SMILES string of the molecule is COc1ccc2c(CCc3c(C)nc(N)nc3Nc3ccc4[nH]c(C)cc4c3)c[nH]c2c1. The monoisotopic (exact) mass is 426 g/mol. The molecule has 0 saturated heterocycles. The number of ether oxygens (including phenoxy) is 1. The number of nitrogens with two attached hydrogens (primary N) is 1. The molecule has 5 N–H and O–H groups in total. The van der Waals surface area contributed by atoms with Crippen LogP contribution < -0.4 is 15.8 Å². The number of aromatic nitrogens is 4. The Morgan fingerprint density at radius 2 is 1.88 bits per heavy atom. The van der Waals surface area contributed by atoms with Gasteiger partial charge in [-0.15, -0.1) is 0 Å². The van der Waals surface area contributed by atoms with Gasteiger partial charge in [0.1, 0.15) is 11.6 Å². The van der Waals surface area contributed by atoms with Crippen LogP contribution in [0.2, 0.25) is 0 Å². The van der Waals surface area contributed by atoms with Crippen molar-refractivity contribution in [2.45, 2.75) is 26.7 Å². The van der Waals surface area contributed by atoms with E-state index in [4.69, 9.17) is 10.5 Å².